The van der Waals surface area contributed by atoms with E-state index in [0.29, 0.717) is 19.8 Å². The molecule has 8 heteroatoms. The zero-order chi connectivity index (χ0) is 35.4. The van der Waals surface area contributed by atoms with E-state index in [2.05, 4.69) is 70.9 Å². The van der Waals surface area contributed by atoms with Crippen molar-refractivity contribution >= 4 is 23.4 Å². The molecule has 0 aromatic heterocycles. The predicted molar refractivity (Wildman–Crippen MR) is 209 cm³/mol. The van der Waals surface area contributed by atoms with E-state index < -0.39 is 0 Å². The van der Waals surface area contributed by atoms with E-state index in [1.165, 1.54) is 77.0 Å². The molecule has 2 aromatic rings. The summed E-state index contributed by atoms with van der Waals surface area (Å²) in [5, 5.41) is 12.2. The van der Waals surface area contributed by atoms with Gasteiger partial charge >= 0.3 is 12.1 Å². The molecule has 4 amide bonds. The molecule has 276 valence electrons. The quantitative estimate of drug-likeness (QED) is 0.0533. The minimum absolute atomic E-state index is 0.181. The van der Waals surface area contributed by atoms with Crippen LogP contribution in [-0.2, 0) is 6.42 Å². The standard InChI is InChI=1S/C41H70N6O2/c1-5-9-13-15-17-19-29-46(27-11-7-3)34-42-40(48)44-38-25-21-23-36(32-38)31-37-24-22-26-39(33-37)45-41(49)43-35-47(28-12-8-4)30-20-18-16-14-10-6-2/h21-26,32-33H,5-20,27-31,34-35H2,1-4H3,(H2,42,44,48)(H2,43,45,49). The van der Waals surface area contributed by atoms with E-state index in [-0.39, 0.29) is 12.1 Å². The van der Waals surface area contributed by atoms with E-state index in [4.69, 9.17) is 0 Å². The summed E-state index contributed by atoms with van der Waals surface area (Å²) in [5.41, 5.74) is 3.73. The van der Waals surface area contributed by atoms with Crippen molar-refractivity contribution in [3.05, 3.63) is 59.7 Å². The second-order valence-electron chi connectivity index (χ2n) is 13.6. The third-order valence-electron chi connectivity index (χ3n) is 9.02. The molecule has 0 aliphatic heterocycles. The molecule has 0 aliphatic carbocycles. The molecule has 0 aliphatic rings. The van der Waals surface area contributed by atoms with Gasteiger partial charge in [-0.3, -0.25) is 9.80 Å². The van der Waals surface area contributed by atoms with Crippen LogP contribution in [0.1, 0.15) is 142 Å². The Balaban J connectivity index is 1.82. The summed E-state index contributed by atoms with van der Waals surface area (Å²) in [5.74, 6) is 0. The fraction of sp³-hybridized carbons (Fsp3) is 0.659. The summed E-state index contributed by atoms with van der Waals surface area (Å²) < 4.78 is 0. The number of hydrogen-bond donors (Lipinski definition) is 4. The van der Waals surface area contributed by atoms with Gasteiger partial charge in [0.05, 0.1) is 13.3 Å². The van der Waals surface area contributed by atoms with Crippen LogP contribution in [0.25, 0.3) is 0 Å². The summed E-state index contributed by atoms with van der Waals surface area (Å²) in [6.45, 7) is 14.1. The van der Waals surface area contributed by atoms with Gasteiger partial charge in [0.1, 0.15) is 0 Å². The Kier molecular flexibility index (Phi) is 23.8. The molecule has 0 saturated heterocycles. The number of nitrogens with zero attached hydrogens (tertiary/aromatic N) is 2. The van der Waals surface area contributed by atoms with Crippen molar-refractivity contribution in [1.82, 2.24) is 20.4 Å². The summed E-state index contributed by atoms with van der Waals surface area (Å²) in [4.78, 5) is 30.3. The Bertz CT molecular complexity index is 1050. The summed E-state index contributed by atoms with van der Waals surface area (Å²) in [7, 11) is 0. The highest BCUT2D eigenvalue weighted by Crippen LogP contribution is 2.18. The van der Waals surface area contributed by atoms with Crippen molar-refractivity contribution in [3.8, 4) is 0 Å². The Morgan fingerprint density at radius 3 is 1.27 bits per heavy atom. The first kappa shape index (κ1) is 42.1. The molecule has 0 unspecified atom stereocenters. The number of rotatable bonds is 28. The van der Waals surface area contributed by atoms with Gasteiger partial charge in [0.2, 0.25) is 0 Å². The normalized spacial score (nSPS) is 11.2. The number of amides is 4. The largest absolute Gasteiger partial charge is 0.325 e. The van der Waals surface area contributed by atoms with Gasteiger partial charge in [0, 0.05) is 11.4 Å². The van der Waals surface area contributed by atoms with Crippen LogP contribution < -0.4 is 21.3 Å². The number of carbonyl (C=O) groups is 2. The minimum atomic E-state index is -0.181. The van der Waals surface area contributed by atoms with Crippen molar-refractivity contribution in [2.75, 3.05) is 50.1 Å². The van der Waals surface area contributed by atoms with Crippen LogP contribution in [0.5, 0.6) is 0 Å². The van der Waals surface area contributed by atoms with Crippen LogP contribution in [0.2, 0.25) is 0 Å². The van der Waals surface area contributed by atoms with Gasteiger partial charge in [-0.05, 0) is 93.7 Å². The lowest BCUT2D eigenvalue weighted by Crippen LogP contribution is -2.40. The maximum absolute atomic E-state index is 12.8. The second kappa shape index (κ2) is 27.7. The number of urea groups is 2. The monoisotopic (exact) mass is 679 g/mol. The van der Waals surface area contributed by atoms with Gasteiger partial charge in [-0.15, -0.1) is 0 Å². The fourth-order valence-corrected chi connectivity index (χ4v) is 6.01. The van der Waals surface area contributed by atoms with Gasteiger partial charge in [-0.1, -0.05) is 129 Å². The molecule has 8 nitrogen and oxygen atoms in total. The third kappa shape index (κ3) is 20.9. The molecule has 0 atom stereocenters. The van der Waals surface area contributed by atoms with Crippen molar-refractivity contribution in [2.24, 2.45) is 0 Å². The molecule has 0 bridgehead atoms. The Labute approximate surface area is 299 Å². The average Bonchev–Trinajstić information content (AvgIpc) is 3.09. The first-order chi connectivity index (χ1) is 24.0. The topological polar surface area (TPSA) is 88.7 Å². The zero-order valence-corrected chi connectivity index (χ0v) is 31.6. The highest BCUT2D eigenvalue weighted by atomic mass is 16.2. The van der Waals surface area contributed by atoms with Crippen molar-refractivity contribution < 1.29 is 9.59 Å². The van der Waals surface area contributed by atoms with Crippen LogP contribution >= 0.6 is 0 Å². The predicted octanol–water partition coefficient (Wildman–Crippen LogP) is 10.4. The van der Waals surface area contributed by atoms with Crippen LogP contribution in [0, 0.1) is 0 Å². The molecular weight excluding hydrogens is 608 g/mol. The van der Waals surface area contributed by atoms with Crippen molar-refractivity contribution in [1.29, 1.82) is 0 Å². The Morgan fingerprint density at radius 1 is 0.490 bits per heavy atom. The van der Waals surface area contributed by atoms with Gasteiger partial charge in [-0.2, -0.15) is 0 Å². The third-order valence-corrected chi connectivity index (χ3v) is 9.02. The summed E-state index contributed by atoms with van der Waals surface area (Å²) >= 11 is 0. The minimum Gasteiger partial charge on any atom is -0.325 e. The fourth-order valence-electron chi connectivity index (χ4n) is 6.01. The molecule has 0 spiro atoms. The van der Waals surface area contributed by atoms with Crippen molar-refractivity contribution in [2.45, 2.75) is 137 Å². The molecule has 4 N–H and O–H groups in total. The smallest absolute Gasteiger partial charge is 0.320 e. The van der Waals surface area contributed by atoms with Crippen molar-refractivity contribution in [3.63, 3.8) is 0 Å². The number of unbranched alkanes of at least 4 members (excludes halogenated alkanes) is 12. The first-order valence-corrected chi connectivity index (χ1v) is 19.7. The SMILES string of the molecule is CCCCCCCCN(CCCC)CNC(=O)Nc1cccc(Cc2cccc(NC(=O)NCN(CCCC)CCCCCCCC)c2)c1. The number of anilines is 2. The average molecular weight is 679 g/mol. The molecule has 0 fully saturated rings. The van der Waals surface area contributed by atoms with Crippen LogP contribution in [0.15, 0.2) is 48.5 Å². The van der Waals surface area contributed by atoms with E-state index in [0.717, 1.165) is 74.4 Å². The number of hydrogen-bond acceptors (Lipinski definition) is 4. The van der Waals surface area contributed by atoms with Gasteiger partial charge in [0.25, 0.3) is 0 Å². The van der Waals surface area contributed by atoms with E-state index >= 15 is 0 Å². The molecule has 0 saturated carbocycles. The maximum atomic E-state index is 12.8. The molecule has 2 aromatic carbocycles. The molecule has 0 radical (unpaired) electrons. The zero-order valence-electron chi connectivity index (χ0n) is 31.6. The van der Waals surface area contributed by atoms with E-state index in [1.54, 1.807) is 0 Å². The summed E-state index contributed by atoms with van der Waals surface area (Å²) in [6.07, 6.45) is 20.6. The lowest BCUT2D eigenvalue weighted by atomic mass is 10.0. The first-order valence-electron chi connectivity index (χ1n) is 19.7. The van der Waals surface area contributed by atoms with Gasteiger partial charge < -0.3 is 21.3 Å². The molecule has 0 heterocycles. The lowest BCUT2D eigenvalue weighted by molar-refractivity contribution is 0.224. The summed E-state index contributed by atoms with van der Waals surface area (Å²) in [6, 6.07) is 15.6. The van der Waals surface area contributed by atoms with Gasteiger partial charge in [-0.25, -0.2) is 9.59 Å². The molecule has 49 heavy (non-hydrogen) atoms. The molecule has 2 rings (SSSR count). The Morgan fingerprint density at radius 2 is 0.857 bits per heavy atom. The van der Waals surface area contributed by atoms with Crippen LogP contribution in [0.4, 0.5) is 21.0 Å². The van der Waals surface area contributed by atoms with Crippen LogP contribution in [0.3, 0.4) is 0 Å². The Hall–Kier alpha value is -3.10. The number of carbonyl (C=O) groups excluding carboxylic acids is 2. The highest BCUT2D eigenvalue weighted by molar-refractivity contribution is 5.89. The molecular formula is C41H70N6O2. The lowest BCUT2D eigenvalue weighted by Gasteiger charge is -2.22. The number of benzene rings is 2. The van der Waals surface area contributed by atoms with Gasteiger partial charge in [0.15, 0.2) is 0 Å². The van der Waals surface area contributed by atoms with E-state index in [1.807, 2.05) is 36.4 Å². The number of nitrogens with one attached hydrogen (secondary N) is 4. The van der Waals surface area contributed by atoms with E-state index in [9.17, 15) is 9.59 Å². The van der Waals surface area contributed by atoms with Crippen LogP contribution in [-0.4, -0.2) is 61.4 Å². The highest BCUT2D eigenvalue weighted by Gasteiger charge is 2.10. The maximum Gasteiger partial charge on any atom is 0.320 e. The second-order valence-corrected chi connectivity index (χ2v) is 13.6.